The van der Waals surface area contributed by atoms with E-state index < -0.39 is 0 Å². The third kappa shape index (κ3) is 1.80. The first-order valence-corrected chi connectivity index (χ1v) is 5.04. The van der Waals surface area contributed by atoms with E-state index in [0.29, 0.717) is 12.0 Å². The van der Waals surface area contributed by atoms with Gasteiger partial charge in [-0.3, -0.25) is 0 Å². The van der Waals surface area contributed by atoms with Crippen LogP contribution in [0, 0.1) is 0 Å². The minimum atomic E-state index is 0.596. The number of rotatable bonds is 2. The highest BCUT2D eigenvalue weighted by Crippen LogP contribution is 2.13. The number of thiazole rings is 1. The number of nitrogens with zero attached hydrogens (tertiary/aromatic N) is 1. The average molecular weight is 170 g/mol. The minimum absolute atomic E-state index is 0.596. The van der Waals surface area contributed by atoms with E-state index in [1.807, 2.05) is 0 Å². The molecule has 0 aliphatic carbocycles. The Morgan fingerprint density at radius 3 is 2.27 bits per heavy atom. The van der Waals surface area contributed by atoms with Crippen molar-refractivity contribution in [3.63, 3.8) is 0 Å². The molecule has 0 radical (unpaired) electrons. The molecule has 1 aromatic rings. The summed E-state index contributed by atoms with van der Waals surface area (Å²) in [4.78, 5) is 0. The van der Waals surface area contributed by atoms with E-state index in [2.05, 4.69) is 43.2 Å². The Kier molecular flexibility index (Phi) is 2.66. The fourth-order valence-corrected chi connectivity index (χ4v) is 2.23. The van der Waals surface area contributed by atoms with E-state index in [4.69, 9.17) is 0 Å². The van der Waals surface area contributed by atoms with Crippen LogP contribution in [0.3, 0.4) is 0 Å². The van der Waals surface area contributed by atoms with Crippen LogP contribution in [0.4, 0.5) is 0 Å². The molecule has 2 heteroatoms. The summed E-state index contributed by atoms with van der Waals surface area (Å²) < 4.78 is 2.34. The number of hydrogen-bond acceptors (Lipinski definition) is 1. The van der Waals surface area contributed by atoms with E-state index in [1.54, 1.807) is 11.3 Å². The van der Waals surface area contributed by atoms with Gasteiger partial charge in [0.1, 0.15) is 0 Å². The van der Waals surface area contributed by atoms with E-state index >= 15 is 0 Å². The number of aromatic nitrogens is 1. The number of hydrogen-bond donors (Lipinski definition) is 0. The van der Waals surface area contributed by atoms with Gasteiger partial charge >= 0.3 is 0 Å². The van der Waals surface area contributed by atoms with Gasteiger partial charge in [0.05, 0.1) is 5.38 Å². The molecule has 1 heterocycles. The fourth-order valence-electron chi connectivity index (χ4n) is 1.14. The van der Waals surface area contributed by atoms with Crippen LogP contribution in [0.2, 0.25) is 0 Å². The zero-order chi connectivity index (χ0) is 8.43. The van der Waals surface area contributed by atoms with Gasteiger partial charge in [-0.1, -0.05) is 25.2 Å². The van der Waals surface area contributed by atoms with Crippen molar-refractivity contribution in [2.75, 3.05) is 0 Å². The van der Waals surface area contributed by atoms with Gasteiger partial charge in [0.25, 0.3) is 0 Å². The lowest BCUT2D eigenvalue weighted by molar-refractivity contribution is -0.719. The molecule has 0 aliphatic rings. The zero-order valence-corrected chi connectivity index (χ0v) is 8.48. The first-order valence-electron chi connectivity index (χ1n) is 4.10. The molecule has 0 amide bonds. The second kappa shape index (κ2) is 3.35. The molecule has 1 rings (SSSR count). The fraction of sp³-hybridized carbons (Fsp3) is 0.667. The van der Waals surface area contributed by atoms with Gasteiger partial charge in [0.15, 0.2) is 11.7 Å². The monoisotopic (exact) mass is 170 g/mol. The van der Waals surface area contributed by atoms with Crippen LogP contribution in [-0.4, -0.2) is 0 Å². The van der Waals surface area contributed by atoms with Crippen molar-refractivity contribution in [3.05, 3.63) is 16.6 Å². The Bertz CT molecular complexity index is 203. The zero-order valence-electron chi connectivity index (χ0n) is 7.66. The van der Waals surface area contributed by atoms with Crippen molar-refractivity contribution in [1.82, 2.24) is 0 Å². The largest absolute Gasteiger partial charge is 0.225 e. The minimum Gasteiger partial charge on any atom is -0.190 e. The summed E-state index contributed by atoms with van der Waals surface area (Å²) in [5.74, 6) is 0.642. The van der Waals surface area contributed by atoms with E-state index in [0.717, 1.165) is 0 Å². The molecule has 1 nitrogen and oxygen atoms in total. The highest BCUT2D eigenvalue weighted by atomic mass is 32.1. The predicted octanol–water partition coefficient (Wildman–Crippen LogP) is 2.74. The average Bonchev–Trinajstić information content (AvgIpc) is 2.32. The van der Waals surface area contributed by atoms with Gasteiger partial charge < -0.3 is 0 Å². The van der Waals surface area contributed by atoms with Gasteiger partial charge in [-0.15, -0.1) is 0 Å². The summed E-state index contributed by atoms with van der Waals surface area (Å²) in [7, 11) is 0. The summed E-state index contributed by atoms with van der Waals surface area (Å²) in [6.45, 7) is 8.92. The van der Waals surface area contributed by atoms with Gasteiger partial charge in [0.2, 0.25) is 5.51 Å². The summed E-state index contributed by atoms with van der Waals surface area (Å²) >= 11 is 1.79. The Balaban J connectivity index is 2.96. The third-order valence-corrected chi connectivity index (χ3v) is 2.54. The second-order valence-corrected chi connectivity index (χ2v) is 4.16. The van der Waals surface area contributed by atoms with Gasteiger partial charge in [-0.05, 0) is 13.8 Å². The molecule has 11 heavy (non-hydrogen) atoms. The molecule has 0 atom stereocenters. The van der Waals surface area contributed by atoms with Crippen molar-refractivity contribution in [3.8, 4) is 0 Å². The van der Waals surface area contributed by atoms with Crippen molar-refractivity contribution in [2.24, 2.45) is 0 Å². The maximum Gasteiger partial charge on any atom is 0.225 e. The Labute approximate surface area is 72.7 Å². The molecule has 0 aliphatic heterocycles. The maximum absolute atomic E-state index is 2.34. The highest BCUT2D eigenvalue weighted by molar-refractivity contribution is 7.07. The van der Waals surface area contributed by atoms with E-state index in [9.17, 15) is 0 Å². The summed E-state index contributed by atoms with van der Waals surface area (Å²) in [6.07, 6.45) is 0. The normalized spacial score (nSPS) is 11.5. The molecule has 0 bridgehead atoms. The summed E-state index contributed by atoms with van der Waals surface area (Å²) in [6, 6.07) is 0.596. The molecular weight excluding hydrogens is 154 g/mol. The summed E-state index contributed by atoms with van der Waals surface area (Å²) in [5.41, 5.74) is 3.64. The lowest BCUT2D eigenvalue weighted by atomic mass is 10.1. The first-order chi connectivity index (χ1) is 5.13. The SMILES string of the molecule is CC(C)c1csc[n+]1C(C)C. The Morgan fingerprint density at radius 2 is 1.91 bits per heavy atom. The predicted molar refractivity (Wildman–Crippen MR) is 49.0 cm³/mol. The van der Waals surface area contributed by atoms with Crippen LogP contribution in [0.1, 0.15) is 45.3 Å². The van der Waals surface area contributed by atoms with Crippen LogP contribution in [-0.2, 0) is 0 Å². The van der Waals surface area contributed by atoms with Crippen molar-refractivity contribution < 1.29 is 4.57 Å². The van der Waals surface area contributed by atoms with Crippen LogP contribution >= 0.6 is 11.3 Å². The third-order valence-electron chi connectivity index (χ3n) is 1.81. The van der Waals surface area contributed by atoms with Crippen LogP contribution in [0.25, 0.3) is 0 Å². The topological polar surface area (TPSA) is 3.88 Å². The van der Waals surface area contributed by atoms with E-state index in [1.165, 1.54) is 5.69 Å². The van der Waals surface area contributed by atoms with Crippen molar-refractivity contribution in [2.45, 2.75) is 39.7 Å². The molecule has 0 fully saturated rings. The van der Waals surface area contributed by atoms with Crippen molar-refractivity contribution >= 4 is 11.3 Å². The standard InChI is InChI=1S/C9H16NS/c1-7(2)9-5-11-6-10(9)8(3)4/h5-8H,1-4H3/q+1. The molecule has 1 aromatic heterocycles. The molecule has 0 N–H and O–H groups in total. The smallest absolute Gasteiger partial charge is 0.190 e. The molecule has 62 valence electrons. The molecule has 0 saturated heterocycles. The van der Waals surface area contributed by atoms with E-state index in [-0.39, 0.29) is 0 Å². The van der Waals surface area contributed by atoms with Gasteiger partial charge in [-0.2, -0.15) is 4.57 Å². The van der Waals surface area contributed by atoms with Crippen molar-refractivity contribution in [1.29, 1.82) is 0 Å². The molecule has 0 saturated carbocycles. The lowest BCUT2D eigenvalue weighted by Gasteiger charge is -2.03. The lowest BCUT2D eigenvalue weighted by Crippen LogP contribution is -2.38. The van der Waals surface area contributed by atoms with Crippen LogP contribution < -0.4 is 4.57 Å². The van der Waals surface area contributed by atoms with Crippen LogP contribution in [0.5, 0.6) is 0 Å². The molecule has 0 unspecified atom stereocenters. The molecule has 0 spiro atoms. The Morgan fingerprint density at radius 1 is 1.27 bits per heavy atom. The van der Waals surface area contributed by atoms with Crippen LogP contribution in [0.15, 0.2) is 10.9 Å². The second-order valence-electron chi connectivity index (χ2n) is 3.44. The molecule has 0 aromatic carbocycles. The molecular formula is C9H16NS+. The maximum atomic E-state index is 2.34. The highest BCUT2D eigenvalue weighted by Gasteiger charge is 2.17. The van der Waals surface area contributed by atoms with Gasteiger partial charge in [-0.25, -0.2) is 0 Å². The van der Waals surface area contributed by atoms with Gasteiger partial charge in [0, 0.05) is 5.92 Å². The Hall–Kier alpha value is -0.370. The summed E-state index contributed by atoms with van der Waals surface area (Å²) in [5, 5.41) is 2.24. The first kappa shape index (κ1) is 8.72. The quantitative estimate of drug-likeness (QED) is 0.601.